The summed E-state index contributed by atoms with van der Waals surface area (Å²) in [6.07, 6.45) is 0. The summed E-state index contributed by atoms with van der Waals surface area (Å²) in [5, 5.41) is 0. The summed E-state index contributed by atoms with van der Waals surface area (Å²) >= 11 is 0. The number of imidazole rings is 2. The molecule has 0 amide bonds. The smallest absolute Gasteiger partial charge is 0.139 e. The predicted octanol–water partition coefficient (Wildman–Crippen LogP) is 7.26. The zero-order valence-electron chi connectivity index (χ0n) is 18.2. The Kier molecular flexibility index (Phi) is 4.62. The van der Waals surface area contributed by atoms with E-state index >= 15 is 0 Å². The molecule has 0 bridgehead atoms. The molecular weight excluding hydrogens is 404 g/mol. The van der Waals surface area contributed by atoms with Crippen LogP contribution in [0.2, 0.25) is 0 Å². The second-order valence-electron chi connectivity index (χ2n) is 8.19. The van der Waals surface area contributed by atoms with E-state index in [-0.39, 0.29) is 0 Å². The van der Waals surface area contributed by atoms with Gasteiger partial charge in [-0.3, -0.25) is 0 Å². The van der Waals surface area contributed by atoms with Crippen molar-refractivity contribution >= 4 is 11.0 Å². The monoisotopic (exact) mass is 426 g/mol. The Hall–Kier alpha value is -4.44. The number of nitrogens with zero attached hydrogens (tertiary/aromatic N) is 2. The molecule has 0 atom stereocenters. The Morgan fingerprint density at radius 1 is 0.576 bits per heavy atom. The van der Waals surface area contributed by atoms with Gasteiger partial charge in [0.2, 0.25) is 0 Å². The molecular formula is C29H22N4. The molecule has 4 heteroatoms. The maximum Gasteiger partial charge on any atom is 0.139 e. The molecule has 6 aromatic rings. The van der Waals surface area contributed by atoms with Crippen LogP contribution in [0, 0.1) is 6.92 Å². The van der Waals surface area contributed by atoms with Crippen LogP contribution >= 0.6 is 0 Å². The molecule has 0 radical (unpaired) electrons. The lowest BCUT2D eigenvalue weighted by atomic mass is 10.1. The highest BCUT2D eigenvalue weighted by molar-refractivity contribution is 5.87. The van der Waals surface area contributed by atoms with Gasteiger partial charge in [0, 0.05) is 22.3 Å². The van der Waals surface area contributed by atoms with Crippen molar-refractivity contribution in [3.05, 3.63) is 109 Å². The van der Waals surface area contributed by atoms with Gasteiger partial charge in [-0.1, -0.05) is 91.0 Å². The second-order valence-corrected chi connectivity index (χ2v) is 8.19. The zero-order chi connectivity index (χ0) is 22.2. The molecule has 158 valence electrons. The first-order chi connectivity index (χ1) is 16.3. The lowest BCUT2D eigenvalue weighted by Gasteiger charge is -2.04. The molecule has 0 spiro atoms. The molecule has 0 saturated carbocycles. The number of hydrogen-bond donors (Lipinski definition) is 2. The highest BCUT2D eigenvalue weighted by atomic mass is 15.0. The third-order valence-corrected chi connectivity index (χ3v) is 5.89. The van der Waals surface area contributed by atoms with Gasteiger partial charge < -0.3 is 9.97 Å². The van der Waals surface area contributed by atoms with Crippen molar-refractivity contribution in [3.8, 4) is 45.3 Å². The molecule has 0 aliphatic rings. The molecule has 0 saturated heterocycles. The fourth-order valence-electron chi connectivity index (χ4n) is 4.27. The van der Waals surface area contributed by atoms with Gasteiger partial charge in [-0.2, -0.15) is 0 Å². The first-order valence-electron chi connectivity index (χ1n) is 11.0. The van der Waals surface area contributed by atoms with E-state index in [0.29, 0.717) is 0 Å². The molecule has 2 aromatic heterocycles. The molecule has 33 heavy (non-hydrogen) atoms. The zero-order valence-corrected chi connectivity index (χ0v) is 18.2. The fraction of sp³-hybridized carbons (Fsp3) is 0.0345. The Bertz CT molecular complexity index is 1500. The van der Waals surface area contributed by atoms with Gasteiger partial charge in [-0.05, 0) is 24.6 Å². The van der Waals surface area contributed by atoms with Crippen LogP contribution in [0.4, 0.5) is 0 Å². The van der Waals surface area contributed by atoms with Gasteiger partial charge in [-0.25, -0.2) is 9.97 Å². The number of aryl methyl sites for hydroxylation is 1. The minimum atomic E-state index is 0.819. The number of H-pyrrole nitrogens is 2. The molecule has 2 heterocycles. The molecule has 2 N–H and O–H groups in total. The summed E-state index contributed by atoms with van der Waals surface area (Å²) in [4.78, 5) is 17.1. The van der Waals surface area contributed by atoms with Crippen molar-refractivity contribution < 1.29 is 0 Å². The Labute approximate surface area is 192 Å². The van der Waals surface area contributed by atoms with Crippen molar-refractivity contribution in [2.45, 2.75) is 6.92 Å². The number of nitrogens with one attached hydrogen (secondary N) is 2. The van der Waals surface area contributed by atoms with Crippen LogP contribution in [-0.2, 0) is 0 Å². The predicted molar refractivity (Wildman–Crippen MR) is 135 cm³/mol. The van der Waals surface area contributed by atoms with E-state index in [1.54, 1.807) is 0 Å². The third kappa shape index (κ3) is 3.52. The maximum atomic E-state index is 5.08. The normalized spacial score (nSPS) is 11.2. The van der Waals surface area contributed by atoms with Crippen LogP contribution in [-0.4, -0.2) is 19.9 Å². The second kappa shape index (κ2) is 7.92. The molecule has 0 aliphatic heterocycles. The summed E-state index contributed by atoms with van der Waals surface area (Å²) in [6.45, 7) is 2.09. The number of aromatic amines is 2. The minimum absolute atomic E-state index is 0.819. The van der Waals surface area contributed by atoms with Crippen LogP contribution in [0.15, 0.2) is 103 Å². The summed E-state index contributed by atoms with van der Waals surface area (Å²) < 4.78 is 0. The van der Waals surface area contributed by atoms with Gasteiger partial charge in [0.1, 0.15) is 11.6 Å². The molecule has 4 aromatic carbocycles. The topological polar surface area (TPSA) is 57.4 Å². The number of hydrogen-bond acceptors (Lipinski definition) is 2. The Morgan fingerprint density at radius 2 is 1.18 bits per heavy atom. The average Bonchev–Trinajstić information content (AvgIpc) is 3.50. The molecule has 0 fully saturated rings. The number of benzene rings is 4. The van der Waals surface area contributed by atoms with Crippen LogP contribution in [0.1, 0.15) is 5.56 Å². The first kappa shape index (κ1) is 19.3. The standard InChI is InChI=1S/C29H22N4/c1-19-16-17-24-25(18-19)31-28(30-24)22-14-8-9-15-23(22)29-32-26(20-10-4-2-5-11-20)27(33-29)21-12-6-3-7-13-21/h2-18H,1H3,(H,30,31)(H,32,33). The summed E-state index contributed by atoms with van der Waals surface area (Å²) in [5.74, 6) is 1.66. The van der Waals surface area contributed by atoms with Crippen LogP contribution < -0.4 is 0 Å². The molecule has 0 unspecified atom stereocenters. The van der Waals surface area contributed by atoms with Crippen molar-refractivity contribution in [2.24, 2.45) is 0 Å². The van der Waals surface area contributed by atoms with Crippen molar-refractivity contribution in [3.63, 3.8) is 0 Å². The van der Waals surface area contributed by atoms with E-state index in [4.69, 9.17) is 9.97 Å². The molecule has 4 nitrogen and oxygen atoms in total. The van der Waals surface area contributed by atoms with Crippen LogP contribution in [0.5, 0.6) is 0 Å². The van der Waals surface area contributed by atoms with Gasteiger partial charge in [0.05, 0.1) is 22.4 Å². The van der Waals surface area contributed by atoms with Crippen LogP contribution in [0.3, 0.4) is 0 Å². The maximum absolute atomic E-state index is 5.08. The Morgan fingerprint density at radius 3 is 1.88 bits per heavy atom. The van der Waals surface area contributed by atoms with Crippen molar-refractivity contribution in [1.82, 2.24) is 19.9 Å². The molecule has 0 aliphatic carbocycles. The lowest BCUT2D eigenvalue weighted by molar-refractivity contribution is 1.28. The average molecular weight is 427 g/mol. The number of aromatic nitrogens is 4. The molecule has 6 rings (SSSR count). The van der Waals surface area contributed by atoms with Gasteiger partial charge in [0.15, 0.2) is 0 Å². The number of fused-ring (bicyclic) bond motifs is 1. The third-order valence-electron chi connectivity index (χ3n) is 5.89. The van der Waals surface area contributed by atoms with E-state index in [1.165, 1.54) is 5.56 Å². The lowest BCUT2D eigenvalue weighted by Crippen LogP contribution is -1.88. The number of rotatable bonds is 4. The largest absolute Gasteiger partial charge is 0.338 e. The summed E-state index contributed by atoms with van der Waals surface area (Å²) in [7, 11) is 0. The quantitative estimate of drug-likeness (QED) is 0.312. The summed E-state index contributed by atoms with van der Waals surface area (Å²) in [6, 6.07) is 35.2. The van der Waals surface area contributed by atoms with Gasteiger partial charge in [0.25, 0.3) is 0 Å². The van der Waals surface area contributed by atoms with Gasteiger partial charge in [-0.15, -0.1) is 0 Å². The minimum Gasteiger partial charge on any atom is -0.338 e. The Balaban J connectivity index is 1.54. The van der Waals surface area contributed by atoms with Crippen molar-refractivity contribution in [2.75, 3.05) is 0 Å². The highest BCUT2D eigenvalue weighted by Crippen LogP contribution is 2.36. The highest BCUT2D eigenvalue weighted by Gasteiger charge is 2.18. The van der Waals surface area contributed by atoms with E-state index in [2.05, 4.69) is 83.6 Å². The van der Waals surface area contributed by atoms with Gasteiger partial charge >= 0.3 is 0 Å². The van der Waals surface area contributed by atoms with Crippen LogP contribution in [0.25, 0.3) is 56.3 Å². The first-order valence-corrected chi connectivity index (χ1v) is 11.0. The SMILES string of the molecule is Cc1ccc2nc(-c3ccccc3-c3nc(-c4ccccc4)c(-c4ccccc4)[nH]3)[nH]c2c1. The van der Waals surface area contributed by atoms with E-state index < -0.39 is 0 Å². The van der Waals surface area contributed by atoms with E-state index in [0.717, 1.165) is 56.3 Å². The van der Waals surface area contributed by atoms with E-state index in [1.807, 2.05) is 36.4 Å². The summed E-state index contributed by atoms with van der Waals surface area (Å²) in [5.41, 5.74) is 9.35. The fourth-order valence-corrected chi connectivity index (χ4v) is 4.27. The van der Waals surface area contributed by atoms with Crippen molar-refractivity contribution in [1.29, 1.82) is 0 Å². The van der Waals surface area contributed by atoms with E-state index in [9.17, 15) is 0 Å².